The van der Waals surface area contributed by atoms with E-state index in [0.717, 1.165) is 0 Å². The highest BCUT2D eigenvalue weighted by atomic mass is 35.5. The van der Waals surface area contributed by atoms with Crippen molar-refractivity contribution in [3.8, 4) is 22.4 Å². The molecule has 0 bridgehead atoms. The average Bonchev–Trinajstić information content (AvgIpc) is 3.41. The summed E-state index contributed by atoms with van der Waals surface area (Å²) in [5, 5.41) is 7.59. The van der Waals surface area contributed by atoms with Crippen LogP contribution in [0.25, 0.3) is 28.0 Å². The maximum atomic E-state index is 13.1. The highest BCUT2D eigenvalue weighted by Crippen LogP contribution is 2.36. The molecule has 1 aliphatic rings. The van der Waals surface area contributed by atoms with Gasteiger partial charge in [-0.3, -0.25) is 4.79 Å². The van der Waals surface area contributed by atoms with Gasteiger partial charge in [-0.05, 0) is 12.5 Å². The second kappa shape index (κ2) is 9.01. The lowest BCUT2D eigenvalue weighted by Crippen LogP contribution is -2.35. The van der Waals surface area contributed by atoms with Gasteiger partial charge in [0.05, 0.1) is 23.4 Å². The van der Waals surface area contributed by atoms with E-state index in [4.69, 9.17) is 11.6 Å². The SMILES string of the molecule is O=C(NC1CCS(=O)(=O)C1)c1cnn2c(-c3ccc(C(F)F)cc3)c(-c3ccccc3Cl)cnc12. The van der Waals surface area contributed by atoms with Crippen LogP contribution < -0.4 is 5.32 Å². The van der Waals surface area contributed by atoms with Gasteiger partial charge in [0.25, 0.3) is 12.3 Å². The van der Waals surface area contributed by atoms with Gasteiger partial charge in [0.15, 0.2) is 15.5 Å². The van der Waals surface area contributed by atoms with Crippen molar-refractivity contribution >= 4 is 33.0 Å². The fourth-order valence-corrected chi connectivity index (χ4v) is 6.11. The largest absolute Gasteiger partial charge is 0.348 e. The van der Waals surface area contributed by atoms with E-state index < -0.39 is 28.2 Å². The maximum Gasteiger partial charge on any atom is 0.263 e. The molecule has 5 rings (SSSR count). The number of sulfone groups is 1. The Balaban J connectivity index is 1.63. The molecular formula is C24H19ClF2N4O3S. The van der Waals surface area contributed by atoms with E-state index in [2.05, 4.69) is 15.4 Å². The maximum absolute atomic E-state index is 13.1. The number of carbonyl (C=O) groups is 1. The predicted molar refractivity (Wildman–Crippen MR) is 128 cm³/mol. The first-order chi connectivity index (χ1) is 16.7. The van der Waals surface area contributed by atoms with Gasteiger partial charge < -0.3 is 5.32 Å². The Bertz CT molecular complexity index is 1540. The summed E-state index contributed by atoms with van der Waals surface area (Å²) in [5.41, 5.74) is 2.65. The van der Waals surface area contributed by atoms with E-state index in [-0.39, 0.29) is 28.3 Å². The van der Waals surface area contributed by atoms with Crippen molar-refractivity contribution < 1.29 is 22.0 Å². The van der Waals surface area contributed by atoms with Crippen LogP contribution in [-0.4, -0.2) is 46.5 Å². The number of amides is 1. The monoisotopic (exact) mass is 516 g/mol. The second-order valence-corrected chi connectivity index (χ2v) is 10.9. The molecule has 1 atom stereocenters. The summed E-state index contributed by atoms with van der Waals surface area (Å²) < 4.78 is 51.2. The highest BCUT2D eigenvalue weighted by molar-refractivity contribution is 7.91. The zero-order chi connectivity index (χ0) is 24.7. The molecule has 2 aromatic heterocycles. The third kappa shape index (κ3) is 4.51. The fourth-order valence-electron chi connectivity index (χ4n) is 4.20. The molecule has 35 heavy (non-hydrogen) atoms. The molecule has 2 aromatic carbocycles. The number of rotatable bonds is 5. The summed E-state index contributed by atoms with van der Waals surface area (Å²) in [6, 6.07) is 12.4. The van der Waals surface area contributed by atoms with Crippen molar-refractivity contribution in [2.24, 2.45) is 0 Å². The van der Waals surface area contributed by atoms with E-state index >= 15 is 0 Å². The molecular weight excluding hydrogens is 498 g/mol. The summed E-state index contributed by atoms with van der Waals surface area (Å²) in [6.45, 7) is 0. The third-order valence-corrected chi connectivity index (χ3v) is 8.04. The number of carbonyl (C=O) groups excluding carboxylic acids is 1. The lowest BCUT2D eigenvalue weighted by molar-refractivity contribution is 0.0942. The van der Waals surface area contributed by atoms with E-state index in [9.17, 15) is 22.0 Å². The molecule has 11 heteroatoms. The molecule has 180 valence electrons. The molecule has 1 unspecified atom stereocenters. The van der Waals surface area contributed by atoms with Crippen molar-refractivity contribution in [2.75, 3.05) is 11.5 Å². The molecule has 0 saturated carbocycles. The topological polar surface area (TPSA) is 93.4 Å². The number of nitrogens with one attached hydrogen (secondary N) is 1. The Morgan fingerprint density at radius 1 is 1.09 bits per heavy atom. The Morgan fingerprint density at radius 3 is 2.49 bits per heavy atom. The minimum Gasteiger partial charge on any atom is -0.348 e. The Hall–Kier alpha value is -3.37. The summed E-state index contributed by atoms with van der Waals surface area (Å²) >= 11 is 6.44. The smallest absolute Gasteiger partial charge is 0.263 e. The van der Waals surface area contributed by atoms with E-state index in [1.807, 2.05) is 6.07 Å². The minimum absolute atomic E-state index is 0.0327. The van der Waals surface area contributed by atoms with Gasteiger partial charge in [-0.2, -0.15) is 5.10 Å². The first-order valence-corrected chi connectivity index (χ1v) is 12.9. The van der Waals surface area contributed by atoms with Crippen molar-refractivity contribution in [1.29, 1.82) is 0 Å². The van der Waals surface area contributed by atoms with Crippen LogP contribution in [0.4, 0.5) is 8.78 Å². The summed E-state index contributed by atoms with van der Waals surface area (Å²) in [6.07, 6.45) is 0.655. The summed E-state index contributed by atoms with van der Waals surface area (Å²) in [4.78, 5) is 17.4. The van der Waals surface area contributed by atoms with Gasteiger partial charge in [-0.1, -0.05) is 54.1 Å². The molecule has 1 fully saturated rings. The fraction of sp³-hybridized carbons (Fsp3) is 0.208. The minimum atomic E-state index is -3.16. The number of aromatic nitrogens is 3. The van der Waals surface area contributed by atoms with Gasteiger partial charge in [-0.15, -0.1) is 0 Å². The Labute approximate surface area is 204 Å². The molecule has 0 radical (unpaired) electrons. The van der Waals surface area contributed by atoms with Gasteiger partial charge in [-0.25, -0.2) is 26.7 Å². The first-order valence-electron chi connectivity index (χ1n) is 10.7. The number of hydrogen-bond acceptors (Lipinski definition) is 5. The molecule has 1 aliphatic heterocycles. The van der Waals surface area contributed by atoms with Crippen LogP contribution >= 0.6 is 11.6 Å². The van der Waals surface area contributed by atoms with Crippen LogP contribution in [0.5, 0.6) is 0 Å². The molecule has 1 amide bonds. The molecule has 1 saturated heterocycles. The molecule has 1 N–H and O–H groups in total. The normalized spacial score (nSPS) is 17.2. The zero-order valence-electron chi connectivity index (χ0n) is 18.2. The van der Waals surface area contributed by atoms with Gasteiger partial charge in [0, 0.05) is 39.5 Å². The molecule has 4 aromatic rings. The standard InChI is InChI=1S/C24H19ClF2N4O3S/c25-20-4-2-1-3-17(20)18-11-28-23-19(24(32)30-16-9-10-35(33,34)13-16)12-29-31(23)21(18)14-5-7-15(8-6-14)22(26)27/h1-8,11-12,16,22H,9-10,13H2,(H,30,32). The van der Waals surface area contributed by atoms with Crippen LogP contribution in [-0.2, 0) is 9.84 Å². The lowest BCUT2D eigenvalue weighted by Gasteiger charge is -2.14. The summed E-state index contributed by atoms with van der Waals surface area (Å²) in [5.74, 6) is -0.562. The summed E-state index contributed by atoms with van der Waals surface area (Å²) in [7, 11) is -3.16. The Kier molecular flexibility index (Phi) is 6.02. The van der Waals surface area contributed by atoms with Gasteiger partial charge in [0.1, 0.15) is 5.56 Å². The van der Waals surface area contributed by atoms with Crippen molar-refractivity contribution in [2.45, 2.75) is 18.9 Å². The van der Waals surface area contributed by atoms with Crippen molar-refractivity contribution in [3.63, 3.8) is 0 Å². The zero-order valence-corrected chi connectivity index (χ0v) is 19.7. The number of fused-ring (bicyclic) bond motifs is 1. The van der Waals surface area contributed by atoms with Crippen LogP contribution in [0.3, 0.4) is 0 Å². The van der Waals surface area contributed by atoms with Crippen molar-refractivity contribution in [3.05, 3.63) is 77.1 Å². The average molecular weight is 517 g/mol. The molecule has 3 heterocycles. The number of hydrogen-bond donors (Lipinski definition) is 1. The molecule has 7 nitrogen and oxygen atoms in total. The number of halogens is 3. The quantitative estimate of drug-likeness (QED) is 0.419. The van der Waals surface area contributed by atoms with Gasteiger partial charge in [0.2, 0.25) is 0 Å². The predicted octanol–water partition coefficient (Wildman–Crippen LogP) is 4.57. The van der Waals surface area contributed by atoms with E-state index in [0.29, 0.717) is 33.8 Å². The Morgan fingerprint density at radius 2 is 1.83 bits per heavy atom. The third-order valence-electron chi connectivity index (χ3n) is 5.94. The lowest BCUT2D eigenvalue weighted by atomic mass is 9.99. The number of alkyl halides is 2. The van der Waals surface area contributed by atoms with E-state index in [1.54, 1.807) is 36.5 Å². The molecule has 0 aliphatic carbocycles. The number of nitrogens with zero attached hydrogens (tertiary/aromatic N) is 3. The molecule has 0 spiro atoms. The van der Waals surface area contributed by atoms with Crippen LogP contribution in [0.1, 0.15) is 28.8 Å². The second-order valence-electron chi connectivity index (χ2n) is 8.29. The highest BCUT2D eigenvalue weighted by Gasteiger charge is 2.30. The first kappa shape index (κ1) is 23.4. The van der Waals surface area contributed by atoms with Crippen LogP contribution in [0, 0.1) is 0 Å². The van der Waals surface area contributed by atoms with Gasteiger partial charge >= 0.3 is 0 Å². The van der Waals surface area contributed by atoms with Crippen LogP contribution in [0.15, 0.2) is 60.9 Å². The van der Waals surface area contributed by atoms with E-state index in [1.165, 1.54) is 22.8 Å². The van der Waals surface area contributed by atoms with Crippen molar-refractivity contribution in [1.82, 2.24) is 19.9 Å². The number of benzene rings is 2. The van der Waals surface area contributed by atoms with Crippen LogP contribution in [0.2, 0.25) is 5.02 Å².